The molecule has 3 aromatic carbocycles. The minimum absolute atomic E-state index is 0.364. The first-order chi connectivity index (χ1) is 19.5. The minimum atomic E-state index is -0.364. The fourth-order valence-corrected chi connectivity index (χ4v) is 4.14. The number of methoxy groups -OCH3 is 1. The Hall–Kier alpha value is -4.81. The van der Waals surface area contributed by atoms with Crippen molar-refractivity contribution in [1.29, 1.82) is 0 Å². The van der Waals surface area contributed by atoms with Crippen molar-refractivity contribution in [3.8, 4) is 23.0 Å². The highest BCUT2D eigenvalue weighted by Gasteiger charge is 2.12. The molecule has 0 fully saturated rings. The lowest BCUT2D eigenvalue weighted by molar-refractivity contribution is 0.250. The summed E-state index contributed by atoms with van der Waals surface area (Å²) in [5.74, 6) is 2.38. The lowest BCUT2D eigenvalue weighted by Gasteiger charge is -2.18. The van der Waals surface area contributed by atoms with Crippen LogP contribution in [0.15, 0.2) is 72.9 Å². The van der Waals surface area contributed by atoms with Gasteiger partial charge in [0.15, 0.2) is 0 Å². The highest BCUT2D eigenvalue weighted by molar-refractivity contribution is 5.99. The summed E-state index contributed by atoms with van der Waals surface area (Å²) in [7, 11) is 1.59. The Bertz CT molecular complexity index is 1460. The van der Waals surface area contributed by atoms with Crippen LogP contribution in [0.4, 0.5) is 21.9 Å². The van der Waals surface area contributed by atoms with Crippen LogP contribution in [0.1, 0.15) is 20.3 Å². The molecule has 0 saturated carbocycles. The molecule has 40 heavy (non-hydrogen) atoms. The van der Waals surface area contributed by atoms with Gasteiger partial charge < -0.3 is 29.7 Å². The summed E-state index contributed by atoms with van der Waals surface area (Å²) in [6.45, 7) is 15.4. The van der Waals surface area contributed by atoms with Crippen LogP contribution in [0.25, 0.3) is 15.7 Å². The van der Waals surface area contributed by atoms with Gasteiger partial charge in [0, 0.05) is 29.5 Å². The molecule has 4 aromatic rings. The number of amides is 2. The third-order valence-corrected chi connectivity index (χ3v) is 6.36. The first-order valence-electron chi connectivity index (χ1n) is 13.2. The number of aromatic nitrogens is 1. The van der Waals surface area contributed by atoms with Gasteiger partial charge in [-0.15, -0.1) is 0 Å². The zero-order valence-electron chi connectivity index (χ0n) is 22.9. The number of anilines is 2. The number of rotatable bonds is 12. The summed E-state index contributed by atoms with van der Waals surface area (Å²) in [4.78, 5) is 22.8. The van der Waals surface area contributed by atoms with Crippen LogP contribution in [0.2, 0.25) is 0 Å². The molecule has 2 amide bonds. The van der Waals surface area contributed by atoms with Gasteiger partial charge in [0.2, 0.25) is 5.69 Å². The van der Waals surface area contributed by atoms with E-state index in [0.29, 0.717) is 57.6 Å². The number of nitrogens with one attached hydrogen (secondary N) is 2. The maximum Gasteiger partial charge on any atom is 0.323 e. The molecule has 9 heteroatoms. The van der Waals surface area contributed by atoms with Gasteiger partial charge >= 0.3 is 6.03 Å². The number of hydrogen-bond donors (Lipinski definition) is 2. The molecular weight excluding hydrogens is 506 g/mol. The smallest absolute Gasteiger partial charge is 0.323 e. The third kappa shape index (κ3) is 7.40. The van der Waals surface area contributed by atoms with Gasteiger partial charge in [-0.05, 0) is 86.2 Å². The molecule has 206 valence electrons. The summed E-state index contributed by atoms with van der Waals surface area (Å²) in [5.41, 5.74) is 2.35. The second kappa shape index (κ2) is 13.8. The Kier molecular flexibility index (Phi) is 9.75. The quantitative estimate of drug-likeness (QED) is 0.145. The predicted octanol–water partition coefficient (Wildman–Crippen LogP) is 7.34. The number of pyridine rings is 1. The van der Waals surface area contributed by atoms with Crippen molar-refractivity contribution >= 4 is 34.0 Å². The molecule has 2 N–H and O–H groups in total. The Morgan fingerprint density at radius 2 is 1.57 bits per heavy atom. The molecule has 1 aromatic heterocycles. The number of hydrogen-bond acceptors (Lipinski definition) is 6. The average Bonchev–Trinajstić information content (AvgIpc) is 2.98. The van der Waals surface area contributed by atoms with Gasteiger partial charge in [-0.2, -0.15) is 0 Å². The Morgan fingerprint density at radius 1 is 0.925 bits per heavy atom. The number of fused-ring (bicyclic) bond motifs is 1. The van der Waals surface area contributed by atoms with Crippen LogP contribution >= 0.6 is 0 Å². The molecular formula is C31H33N5O4. The van der Waals surface area contributed by atoms with Crippen molar-refractivity contribution in [2.24, 2.45) is 0 Å². The number of urea groups is 1. The van der Waals surface area contributed by atoms with E-state index in [1.54, 1.807) is 80.0 Å². The fourth-order valence-electron chi connectivity index (χ4n) is 4.14. The number of carbonyl (C=O) groups is 1. The molecule has 0 atom stereocenters. The SMILES string of the molecule is [C-]#[N+]c1cc2c(Oc3ccc(NC(=O)Nc4ccc(OC)cc4)cc3)ccnc2cc1OCCCN(CC)CC. The van der Waals surface area contributed by atoms with Crippen LogP contribution < -0.4 is 24.8 Å². The van der Waals surface area contributed by atoms with E-state index in [4.69, 9.17) is 20.8 Å². The Labute approximate surface area is 234 Å². The van der Waals surface area contributed by atoms with Crippen molar-refractivity contribution in [1.82, 2.24) is 9.88 Å². The van der Waals surface area contributed by atoms with Crippen molar-refractivity contribution < 1.29 is 19.0 Å². The van der Waals surface area contributed by atoms with Gasteiger partial charge in [0.05, 0.1) is 25.8 Å². The summed E-state index contributed by atoms with van der Waals surface area (Å²) in [6.07, 6.45) is 2.54. The highest BCUT2D eigenvalue weighted by atomic mass is 16.5. The highest BCUT2D eigenvalue weighted by Crippen LogP contribution is 2.37. The van der Waals surface area contributed by atoms with Crippen LogP contribution in [-0.2, 0) is 0 Å². The van der Waals surface area contributed by atoms with Crippen LogP contribution in [0.5, 0.6) is 23.0 Å². The molecule has 9 nitrogen and oxygen atoms in total. The van der Waals surface area contributed by atoms with Gasteiger partial charge in [0.1, 0.15) is 23.0 Å². The molecule has 0 spiro atoms. The second-order valence-electron chi connectivity index (χ2n) is 8.92. The average molecular weight is 540 g/mol. The first kappa shape index (κ1) is 28.2. The molecule has 0 aliphatic carbocycles. The zero-order valence-corrected chi connectivity index (χ0v) is 22.9. The molecule has 0 radical (unpaired) electrons. The molecule has 0 aliphatic rings. The monoisotopic (exact) mass is 539 g/mol. The molecule has 0 bridgehead atoms. The third-order valence-electron chi connectivity index (χ3n) is 6.36. The number of carbonyl (C=O) groups excluding carboxylic acids is 1. The summed E-state index contributed by atoms with van der Waals surface area (Å²) in [6, 6.07) is 19.0. The van der Waals surface area contributed by atoms with E-state index in [-0.39, 0.29) is 6.03 Å². The number of benzene rings is 3. The summed E-state index contributed by atoms with van der Waals surface area (Å²) < 4.78 is 17.2. The van der Waals surface area contributed by atoms with Gasteiger partial charge in [0.25, 0.3) is 0 Å². The van der Waals surface area contributed by atoms with E-state index in [1.165, 1.54) is 0 Å². The first-order valence-corrected chi connectivity index (χ1v) is 13.2. The van der Waals surface area contributed by atoms with E-state index in [1.807, 2.05) is 0 Å². The van der Waals surface area contributed by atoms with Crippen molar-refractivity contribution in [2.45, 2.75) is 20.3 Å². The summed E-state index contributed by atoms with van der Waals surface area (Å²) >= 11 is 0. The van der Waals surface area contributed by atoms with Gasteiger partial charge in [-0.25, -0.2) is 9.64 Å². The van der Waals surface area contributed by atoms with E-state index in [9.17, 15) is 4.79 Å². The van der Waals surface area contributed by atoms with Crippen LogP contribution in [0, 0.1) is 6.57 Å². The number of ether oxygens (including phenoxy) is 3. The number of nitrogens with zero attached hydrogens (tertiary/aromatic N) is 3. The molecule has 4 rings (SSSR count). The Morgan fingerprint density at radius 3 is 2.17 bits per heavy atom. The standard InChI is InChI=1S/C31H33N5O4/c1-5-36(6-2)18-7-19-39-30-21-27-26(20-28(30)32-3)29(16-17-33-27)40-25-14-10-23(11-15-25)35-31(37)34-22-8-12-24(38-4)13-9-22/h8-17,20-21H,5-7,18-19H2,1-2,4H3,(H2,34,35,37). The van der Waals surface area contributed by atoms with Crippen molar-refractivity contribution in [3.05, 3.63) is 84.3 Å². The molecule has 1 heterocycles. The normalized spacial score (nSPS) is 10.7. The minimum Gasteiger partial charge on any atom is -0.504 e. The maximum atomic E-state index is 12.4. The topological polar surface area (TPSA) is 89.3 Å². The lowest BCUT2D eigenvalue weighted by Crippen LogP contribution is -2.25. The van der Waals surface area contributed by atoms with E-state index < -0.39 is 0 Å². The van der Waals surface area contributed by atoms with Crippen LogP contribution in [0.3, 0.4) is 0 Å². The molecule has 0 aliphatic heterocycles. The van der Waals surface area contributed by atoms with Gasteiger partial charge in [-0.1, -0.05) is 13.8 Å². The lowest BCUT2D eigenvalue weighted by atomic mass is 10.1. The largest absolute Gasteiger partial charge is 0.504 e. The zero-order chi connectivity index (χ0) is 28.3. The second-order valence-corrected chi connectivity index (χ2v) is 8.92. The van der Waals surface area contributed by atoms with E-state index >= 15 is 0 Å². The van der Waals surface area contributed by atoms with E-state index in [0.717, 1.165) is 26.1 Å². The van der Waals surface area contributed by atoms with Gasteiger partial charge in [-0.3, -0.25) is 4.98 Å². The van der Waals surface area contributed by atoms with Crippen LogP contribution in [-0.4, -0.2) is 49.3 Å². The summed E-state index contributed by atoms with van der Waals surface area (Å²) in [5, 5.41) is 6.29. The Balaban J connectivity index is 1.40. The van der Waals surface area contributed by atoms with Crippen molar-refractivity contribution in [2.75, 3.05) is 44.0 Å². The van der Waals surface area contributed by atoms with Crippen molar-refractivity contribution in [3.63, 3.8) is 0 Å². The van der Waals surface area contributed by atoms with E-state index in [2.05, 4.69) is 39.2 Å². The molecule has 0 unspecified atom stereocenters. The predicted molar refractivity (Wildman–Crippen MR) is 158 cm³/mol. The fraction of sp³-hybridized carbons (Fsp3) is 0.258. The molecule has 0 saturated heterocycles. The maximum absolute atomic E-state index is 12.4.